The van der Waals surface area contributed by atoms with Gasteiger partial charge in [0.15, 0.2) is 5.60 Å². The number of anilines is 1. The lowest BCUT2D eigenvalue weighted by molar-refractivity contribution is -0.170. The maximum absolute atomic E-state index is 13.7. The number of nitrogens with zero attached hydrogens (tertiary/aromatic N) is 2. The van der Waals surface area contributed by atoms with Crippen molar-refractivity contribution in [2.24, 2.45) is 5.92 Å². The topological polar surface area (TPSA) is 59.1 Å². The summed E-state index contributed by atoms with van der Waals surface area (Å²) in [5.74, 6) is 0.429. The molecule has 1 heterocycles. The monoisotopic (exact) mass is 570 g/mol. The van der Waals surface area contributed by atoms with Crippen LogP contribution in [0.15, 0.2) is 53.0 Å². The number of esters is 1. The molecule has 2 aromatic carbocycles. The summed E-state index contributed by atoms with van der Waals surface area (Å²) in [6.45, 7) is 11.2. The largest absolute Gasteiger partial charge is 0.476 e. The van der Waals surface area contributed by atoms with Gasteiger partial charge in [-0.05, 0) is 90.1 Å². The SMILES string of the molecule is CC(C)(C)OC(=O)C(C)(C)Oc1cccc(N2CCCC(C(=O)N(Cc3ccc(Br)cc3)C3CC3)C2)c1. The van der Waals surface area contributed by atoms with Crippen molar-refractivity contribution in [1.82, 2.24) is 4.90 Å². The van der Waals surface area contributed by atoms with E-state index in [1.807, 2.05) is 57.2 Å². The van der Waals surface area contributed by atoms with Crippen molar-refractivity contribution in [2.75, 3.05) is 18.0 Å². The van der Waals surface area contributed by atoms with Crippen molar-refractivity contribution in [3.63, 3.8) is 0 Å². The molecule has 1 saturated heterocycles. The molecule has 1 amide bonds. The van der Waals surface area contributed by atoms with E-state index in [4.69, 9.17) is 9.47 Å². The van der Waals surface area contributed by atoms with E-state index in [0.717, 1.165) is 48.0 Å². The predicted octanol–water partition coefficient (Wildman–Crippen LogP) is 6.36. The average Bonchev–Trinajstić information content (AvgIpc) is 3.67. The van der Waals surface area contributed by atoms with Gasteiger partial charge in [-0.15, -0.1) is 0 Å². The zero-order valence-electron chi connectivity index (χ0n) is 22.6. The number of rotatable bonds is 8. The van der Waals surface area contributed by atoms with Gasteiger partial charge in [-0.1, -0.05) is 34.1 Å². The van der Waals surface area contributed by atoms with Crippen LogP contribution >= 0.6 is 15.9 Å². The summed E-state index contributed by atoms with van der Waals surface area (Å²) in [4.78, 5) is 30.7. The van der Waals surface area contributed by atoms with E-state index in [1.54, 1.807) is 13.8 Å². The third kappa shape index (κ3) is 7.50. The van der Waals surface area contributed by atoms with Gasteiger partial charge in [-0.25, -0.2) is 4.79 Å². The van der Waals surface area contributed by atoms with Gasteiger partial charge in [0.1, 0.15) is 11.4 Å². The first kappa shape index (κ1) is 27.5. The number of carbonyl (C=O) groups excluding carboxylic acids is 2. The van der Waals surface area contributed by atoms with E-state index in [1.165, 1.54) is 0 Å². The molecule has 200 valence electrons. The Bertz CT molecular complexity index is 1110. The van der Waals surface area contributed by atoms with Gasteiger partial charge in [0.05, 0.1) is 5.92 Å². The van der Waals surface area contributed by atoms with Gasteiger partial charge in [0.2, 0.25) is 5.91 Å². The third-order valence-corrected chi connectivity index (χ3v) is 7.28. The fourth-order valence-electron chi connectivity index (χ4n) is 4.69. The molecule has 1 aliphatic carbocycles. The zero-order chi connectivity index (χ0) is 26.8. The molecular formula is C30H39BrN2O4. The molecule has 0 aromatic heterocycles. The minimum absolute atomic E-state index is 0.0347. The molecular weight excluding hydrogens is 532 g/mol. The summed E-state index contributed by atoms with van der Waals surface area (Å²) in [6, 6.07) is 16.4. The second-order valence-electron chi connectivity index (χ2n) is 11.7. The van der Waals surface area contributed by atoms with Crippen LogP contribution < -0.4 is 9.64 Å². The van der Waals surface area contributed by atoms with Crippen molar-refractivity contribution in [3.05, 3.63) is 58.6 Å². The Labute approximate surface area is 229 Å². The normalized spacial score (nSPS) is 18.3. The molecule has 37 heavy (non-hydrogen) atoms. The van der Waals surface area contributed by atoms with Crippen LogP contribution in [0.5, 0.6) is 5.75 Å². The molecule has 2 aliphatic rings. The number of ether oxygens (including phenoxy) is 2. The maximum atomic E-state index is 13.7. The highest BCUT2D eigenvalue weighted by Gasteiger charge is 2.38. The highest BCUT2D eigenvalue weighted by Crippen LogP contribution is 2.33. The third-order valence-electron chi connectivity index (χ3n) is 6.75. The summed E-state index contributed by atoms with van der Waals surface area (Å²) >= 11 is 3.49. The van der Waals surface area contributed by atoms with E-state index in [0.29, 0.717) is 24.9 Å². The molecule has 0 bridgehead atoms. The molecule has 1 saturated carbocycles. The number of hydrogen-bond acceptors (Lipinski definition) is 5. The van der Waals surface area contributed by atoms with Crippen LogP contribution in [0, 0.1) is 5.92 Å². The number of amides is 1. The van der Waals surface area contributed by atoms with Crippen molar-refractivity contribution < 1.29 is 19.1 Å². The van der Waals surface area contributed by atoms with Crippen molar-refractivity contribution >= 4 is 33.5 Å². The van der Waals surface area contributed by atoms with Gasteiger partial charge in [0, 0.05) is 41.9 Å². The highest BCUT2D eigenvalue weighted by molar-refractivity contribution is 9.10. The Morgan fingerprint density at radius 2 is 1.73 bits per heavy atom. The number of halogens is 1. The molecule has 2 fully saturated rings. The van der Waals surface area contributed by atoms with Gasteiger partial charge < -0.3 is 19.3 Å². The molecule has 1 aliphatic heterocycles. The van der Waals surface area contributed by atoms with Crippen LogP contribution in [0.3, 0.4) is 0 Å². The Morgan fingerprint density at radius 1 is 1.03 bits per heavy atom. The summed E-state index contributed by atoms with van der Waals surface area (Å²) in [6.07, 6.45) is 4.04. The minimum Gasteiger partial charge on any atom is -0.476 e. The quantitative estimate of drug-likeness (QED) is 0.346. The van der Waals surface area contributed by atoms with Gasteiger partial charge >= 0.3 is 5.97 Å². The molecule has 2 aromatic rings. The lowest BCUT2D eigenvalue weighted by Crippen LogP contribution is -2.45. The first-order chi connectivity index (χ1) is 17.4. The lowest BCUT2D eigenvalue weighted by Gasteiger charge is -2.37. The fraction of sp³-hybridized carbons (Fsp3) is 0.533. The van der Waals surface area contributed by atoms with Crippen molar-refractivity contribution in [1.29, 1.82) is 0 Å². The highest BCUT2D eigenvalue weighted by atomic mass is 79.9. The molecule has 6 nitrogen and oxygen atoms in total. The first-order valence-corrected chi connectivity index (χ1v) is 14.0. The van der Waals surface area contributed by atoms with Gasteiger partial charge in [0.25, 0.3) is 0 Å². The lowest BCUT2D eigenvalue weighted by atomic mass is 9.95. The van der Waals surface area contributed by atoms with Crippen molar-refractivity contribution in [3.8, 4) is 5.75 Å². The summed E-state index contributed by atoms with van der Waals surface area (Å²) in [5.41, 5.74) is 0.458. The number of benzene rings is 2. The standard InChI is InChI=1S/C30H39BrN2O4/c1-29(2,3)37-28(35)30(4,5)36-26-10-6-9-25(18-26)32-17-7-8-22(20-32)27(34)33(24-15-16-24)19-21-11-13-23(31)14-12-21/h6,9-14,18,22,24H,7-8,15-17,19-20H2,1-5H3. The van der Waals surface area contributed by atoms with Crippen LogP contribution in [0.4, 0.5) is 5.69 Å². The minimum atomic E-state index is -1.12. The van der Waals surface area contributed by atoms with Crippen LogP contribution in [-0.2, 0) is 20.9 Å². The van der Waals surface area contributed by atoms with Crippen LogP contribution in [0.1, 0.15) is 65.9 Å². The molecule has 7 heteroatoms. The van der Waals surface area contributed by atoms with Gasteiger partial charge in [-0.3, -0.25) is 4.79 Å². The average molecular weight is 572 g/mol. The first-order valence-electron chi connectivity index (χ1n) is 13.2. The van der Waals surface area contributed by atoms with Crippen LogP contribution in [-0.4, -0.2) is 47.1 Å². The smallest absolute Gasteiger partial charge is 0.350 e. The Hall–Kier alpha value is -2.54. The van der Waals surface area contributed by atoms with E-state index >= 15 is 0 Å². The van der Waals surface area contributed by atoms with Crippen LogP contribution in [0.25, 0.3) is 0 Å². The maximum Gasteiger partial charge on any atom is 0.350 e. The number of carbonyl (C=O) groups is 2. The Balaban J connectivity index is 1.43. The second-order valence-corrected chi connectivity index (χ2v) is 12.6. The second kappa shape index (κ2) is 11.1. The summed E-state index contributed by atoms with van der Waals surface area (Å²) < 4.78 is 12.7. The van der Waals surface area contributed by atoms with E-state index < -0.39 is 17.2 Å². The van der Waals surface area contributed by atoms with E-state index in [2.05, 4.69) is 37.9 Å². The van der Waals surface area contributed by atoms with Gasteiger partial charge in [-0.2, -0.15) is 0 Å². The summed E-state index contributed by atoms with van der Waals surface area (Å²) in [5, 5.41) is 0. The number of piperidine rings is 1. The van der Waals surface area contributed by atoms with Crippen molar-refractivity contribution in [2.45, 2.75) is 84.1 Å². The van der Waals surface area contributed by atoms with E-state index in [9.17, 15) is 9.59 Å². The molecule has 0 radical (unpaired) electrons. The molecule has 1 unspecified atom stereocenters. The Morgan fingerprint density at radius 3 is 2.38 bits per heavy atom. The fourth-order valence-corrected chi connectivity index (χ4v) is 4.95. The molecule has 4 rings (SSSR count). The Kier molecular flexibility index (Phi) is 8.22. The van der Waals surface area contributed by atoms with Crippen LogP contribution in [0.2, 0.25) is 0 Å². The zero-order valence-corrected chi connectivity index (χ0v) is 24.2. The molecule has 1 atom stereocenters. The summed E-state index contributed by atoms with van der Waals surface area (Å²) in [7, 11) is 0. The predicted molar refractivity (Wildman–Crippen MR) is 150 cm³/mol. The molecule has 0 spiro atoms. The van der Waals surface area contributed by atoms with E-state index in [-0.39, 0.29) is 11.8 Å². The number of hydrogen-bond donors (Lipinski definition) is 0. The molecule has 0 N–H and O–H groups in total.